The second-order valence-electron chi connectivity index (χ2n) is 4.47. The van der Waals surface area contributed by atoms with E-state index in [0.717, 1.165) is 16.6 Å². The molecule has 0 radical (unpaired) electrons. The van der Waals surface area contributed by atoms with Gasteiger partial charge in [0, 0.05) is 0 Å². The van der Waals surface area contributed by atoms with Crippen molar-refractivity contribution < 1.29 is 9.53 Å². The summed E-state index contributed by atoms with van der Waals surface area (Å²) in [6, 6.07) is 3.50. The Balaban J connectivity index is 2.41. The number of pyridine rings is 1. The van der Waals surface area contributed by atoms with Crippen LogP contribution < -0.4 is 5.43 Å². The number of hydrogen-bond acceptors (Lipinski definition) is 5. The van der Waals surface area contributed by atoms with E-state index in [2.05, 4.69) is 7.96 Å². The molecule has 0 aliphatic carbocycles. The van der Waals surface area contributed by atoms with E-state index in [-0.39, 0.29) is 32.6 Å². The van der Waals surface area contributed by atoms with Crippen molar-refractivity contribution in [3.63, 3.8) is 0 Å². The number of fused-ring (bicyclic) bond motifs is 3. The van der Waals surface area contributed by atoms with E-state index in [4.69, 9.17) is 4.74 Å². The number of ether oxygens (including phenoxy) is 1. The fourth-order valence-corrected chi connectivity index (χ4v) is 3.47. The molecule has 6 nitrogen and oxygen atoms in total. The maximum atomic E-state index is 12.5. The zero-order valence-electron chi connectivity index (χ0n) is 11.6. The van der Waals surface area contributed by atoms with E-state index in [1.807, 2.05) is 11.5 Å². The zero-order valence-corrected chi connectivity index (χ0v) is 13.3. The van der Waals surface area contributed by atoms with Crippen molar-refractivity contribution in [1.82, 2.24) is 12.5 Å². The minimum atomic E-state index is -0.585. The summed E-state index contributed by atoms with van der Waals surface area (Å²) >= 11 is -0.162. The molecule has 7 heteroatoms. The molecule has 0 atom stereocenters. The predicted molar refractivity (Wildman–Crippen MR) is 79.9 cm³/mol. The van der Waals surface area contributed by atoms with Crippen LogP contribution in [0.25, 0.3) is 21.9 Å². The summed E-state index contributed by atoms with van der Waals surface area (Å²) in [5, 5.41) is 0.484. The van der Waals surface area contributed by atoms with Crippen LogP contribution in [0.2, 0.25) is 0 Å². The van der Waals surface area contributed by atoms with Gasteiger partial charge in [-0.1, -0.05) is 0 Å². The zero-order chi connectivity index (χ0) is 15.0. The van der Waals surface area contributed by atoms with Gasteiger partial charge in [-0.25, -0.2) is 0 Å². The average Bonchev–Trinajstić information content (AvgIpc) is 2.96. The second kappa shape index (κ2) is 5.42. The van der Waals surface area contributed by atoms with Gasteiger partial charge in [0.1, 0.15) is 0 Å². The van der Waals surface area contributed by atoms with Gasteiger partial charge in [-0.2, -0.15) is 0 Å². The van der Waals surface area contributed by atoms with Crippen molar-refractivity contribution in [2.24, 2.45) is 0 Å². The number of nitrogens with zero attached hydrogens (tertiary/aromatic N) is 3. The first-order valence-electron chi connectivity index (χ1n) is 6.63. The molecule has 0 bridgehead atoms. The first kappa shape index (κ1) is 14.0. The average molecular weight is 350 g/mol. The molecule has 0 aliphatic rings. The molecule has 0 N–H and O–H groups in total. The molecule has 3 rings (SSSR count). The van der Waals surface area contributed by atoms with Crippen molar-refractivity contribution in [2.75, 3.05) is 6.61 Å². The molecule has 0 saturated carbocycles. The molecule has 2 aromatic heterocycles. The standard InChI is InChI=1S/C14H13N3O3Se/c1-3-17-7-9(14(19)20-4-2)13(18)8-5-6-10-11(12(8)17)16-21-15-10/h5-7H,3-4H2,1-2H3. The fourth-order valence-electron chi connectivity index (χ4n) is 2.34. The van der Waals surface area contributed by atoms with Crippen LogP contribution in [-0.2, 0) is 11.3 Å². The Morgan fingerprint density at radius 3 is 2.86 bits per heavy atom. The van der Waals surface area contributed by atoms with Gasteiger partial charge in [0.2, 0.25) is 0 Å². The van der Waals surface area contributed by atoms with Crippen LogP contribution in [0.1, 0.15) is 24.2 Å². The number of benzene rings is 1. The van der Waals surface area contributed by atoms with Crippen LogP contribution in [0.4, 0.5) is 0 Å². The molecular formula is C14H13N3O3Se. The summed E-state index contributed by atoms with van der Waals surface area (Å²) in [5.41, 5.74) is 2.06. The normalized spacial score (nSPS) is 11.1. The van der Waals surface area contributed by atoms with E-state index in [9.17, 15) is 9.59 Å². The van der Waals surface area contributed by atoms with Gasteiger partial charge in [0.15, 0.2) is 0 Å². The molecule has 0 fully saturated rings. The number of hydrogen-bond donors (Lipinski definition) is 0. The molecule has 1 aromatic carbocycles. The molecule has 0 unspecified atom stereocenters. The Morgan fingerprint density at radius 1 is 1.33 bits per heavy atom. The van der Waals surface area contributed by atoms with Crippen LogP contribution >= 0.6 is 0 Å². The summed E-state index contributed by atoms with van der Waals surface area (Å²) in [5.74, 6) is -0.585. The van der Waals surface area contributed by atoms with Gasteiger partial charge in [-0.05, 0) is 0 Å². The quantitative estimate of drug-likeness (QED) is 0.524. The van der Waals surface area contributed by atoms with Gasteiger partial charge >= 0.3 is 126 Å². The molecule has 0 spiro atoms. The molecule has 3 aromatic rings. The predicted octanol–water partition coefficient (Wildman–Crippen LogP) is 1.20. The van der Waals surface area contributed by atoms with Crippen LogP contribution in [-0.4, -0.2) is 40.1 Å². The SMILES string of the molecule is CCOC(=O)c1cn(CC)c2c(ccc3n[se]nc32)c1=O. The van der Waals surface area contributed by atoms with Crippen LogP contribution in [0, 0.1) is 0 Å². The summed E-state index contributed by atoms with van der Waals surface area (Å²) < 4.78 is 15.6. The summed E-state index contributed by atoms with van der Waals surface area (Å²) in [6.07, 6.45) is 1.56. The third kappa shape index (κ3) is 2.18. The van der Waals surface area contributed by atoms with Gasteiger partial charge < -0.3 is 0 Å². The number of carbonyl (C=O) groups excluding carboxylic acids is 1. The monoisotopic (exact) mass is 351 g/mol. The van der Waals surface area contributed by atoms with Crippen LogP contribution in [0.15, 0.2) is 23.1 Å². The van der Waals surface area contributed by atoms with E-state index in [1.54, 1.807) is 25.3 Å². The Bertz CT molecular complexity index is 897. The Morgan fingerprint density at radius 2 is 2.14 bits per heavy atom. The Kier molecular flexibility index (Phi) is 3.61. The number of aryl methyl sites for hydroxylation is 1. The number of aromatic nitrogens is 3. The maximum absolute atomic E-state index is 12.5. The molecular weight excluding hydrogens is 337 g/mol. The topological polar surface area (TPSA) is 74.1 Å². The third-order valence-corrected chi connectivity index (χ3v) is 4.44. The molecule has 2 heterocycles. The minimum absolute atomic E-state index is 0.0617. The number of carbonyl (C=O) groups is 1. The van der Waals surface area contributed by atoms with Crippen molar-refractivity contribution in [2.45, 2.75) is 20.4 Å². The van der Waals surface area contributed by atoms with Crippen LogP contribution in [0.3, 0.4) is 0 Å². The first-order chi connectivity index (χ1) is 10.2. The van der Waals surface area contributed by atoms with Gasteiger partial charge in [-0.15, -0.1) is 0 Å². The Hall–Kier alpha value is -1.98. The second-order valence-corrected chi connectivity index (χ2v) is 5.58. The van der Waals surface area contributed by atoms with E-state index in [0.29, 0.717) is 11.9 Å². The van der Waals surface area contributed by atoms with Crippen molar-refractivity contribution >= 4 is 42.9 Å². The summed E-state index contributed by atoms with van der Waals surface area (Å²) in [7, 11) is 0. The Labute approximate surface area is 126 Å². The van der Waals surface area contributed by atoms with Crippen molar-refractivity contribution in [1.29, 1.82) is 0 Å². The fraction of sp³-hybridized carbons (Fsp3) is 0.286. The van der Waals surface area contributed by atoms with Crippen molar-refractivity contribution in [3.05, 3.63) is 34.1 Å². The molecule has 108 valence electrons. The van der Waals surface area contributed by atoms with Crippen LogP contribution in [0.5, 0.6) is 0 Å². The van der Waals surface area contributed by atoms with Crippen molar-refractivity contribution in [3.8, 4) is 0 Å². The number of rotatable bonds is 3. The first-order valence-corrected chi connectivity index (χ1v) is 8.16. The van der Waals surface area contributed by atoms with Gasteiger partial charge in [0.25, 0.3) is 0 Å². The van der Waals surface area contributed by atoms with E-state index < -0.39 is 5.97 Å². The summed E-state index contributed by atoms with van der Waals surface area (Å²) in [6.45, 7) is 4.54. The molecule has 0 amide bonds. The van der Waals surface area contributed by atoms with E-state index >= 15 is 0 Å². The molecule has 0 aliphatic heterocycles. The summed E-state index contributed by atoms with van der Waals surface area (Å²) in [4.78, 5) is 24.5. The third-order valence-electron chi connectivity index (χ3n) is 3.30. The van der Waals surface area contributed by atoms with E-state index in [1.165, 1.54) is 0 Å². The molecule has 0 saturated heterocycles. The van der Waals surface area contributed by atoms with Gasteiger partial charge in [0.05, 0.1) is 0 Å². The molecule has 21 heavy (non-hydrogen) atoms. The number of esters is 1. The van der Waals surface area contributed by atoms with Gasteiger partial charge in [-0.3, -0.25) is 0 Å².